The van der Waals surface area contributed by atoms with Crippen LogP contribution in [0.2, 0.25) is 0 Å². The normalized spacial score (nSPS) is 11.2. The SMILES string of the molecule is COc1ccc(C(=O)Nc2cc3c(cc2SC(C)C)n(C)c(=O)n3C)cc1. The van der Waals surface area contributed by atoms with Gasteiger partial charge in [0.05, 0.1) is 23.8 Å². The third-order valence-corrected chi connectivity index (χ3v) is 5.40. The van der Waals surface area contributed by atoms with E-state index < -0.39 is 0 Å². The minimum absolute atomic E-state index is 0.0934. The van der Waals surface area contributed by atoms with Crippen molar-refractivity contribution in [1.29, 1.82) is 0 Å². The van der Waals surface area contributed by atoms with Crippen LogP contribution < -0.4 is 15.7 Å². The fourth-order valence-corrected chi connectivity index (χ4v) is 3.84. The highest BCUT2D eigenvalue weighted by Crippen LogP contribution is 2.34. The molecule has 0 saturated heterocycles. The molecule has 0 aliphatic heterocycles. The Labute approximate surface area is 162 Å². The summed E-state index contributed by atoms with van der Waals surface area (Å²) in [4.78, 5) is 25.9. The second kappa shape index (κ2) is 7.52. The molecule has 3 rings (SSSR count). The Balaban J connectivity index is 2.03. The molecule has 1 amide bonds. The average molecular weight is 385 g/mol. The van der Waals surface area contributed by atoms with E-state index in [9.17, 15) is 9.59 Å². The van der Waals surface area contributed by atoms with Crippen LogP contribution in [-0.2, 0) is 14.1 Å². The second-order valence-electron chi connectivity index (χ2n) is 6.59. The molecule has 2 aromatic carbocycles. The monoisotopic (exact) mass is 385 g/mol. The number of aryl methyl sites for hydroxylation is 2. The van der Waals surface area contributed by atoms with Gasteiger partial charge in [-0.3, -0.25) is 13.9 Å². The molecule has 27 heavy (non-hydrogen) atoms. The summed E-state index contributed by atoms with van der Waals surface area (Å²) in [6.45, 7) is 4.18. The van der Waals surface area contributed by atoms with Crippen LogP contribution in [0.3, 0.4) is 0 Å². The van der Waals surface area contributed by atoms with E-state index in [0.717, 1.165) is 15.9 Å². The predicted octanol–water partition coefficient (Wildman–Crippen LogP) is 3.64. The third-order valence-electron chi connectivity index (χ3n) is 4.34. The molecule has 1 aromatic heterocycles. The molecular weight excluding hydrogens is 362 g/mol. The maximum absolute atomic E-state index is 12.7. The predicted molar refractivity (Wildman–Crippen MR) is 110 cm³/mol. The number of ether oxygens (including phenoxy) is 1. The third kappa shape index (κ3) is 3.73. The average Bonchev–Trinajstić information content (AvgIpc) is 2.85. The molecule has 0 atom stereocenters. The molecule has 0 aliphatic rings. The maximum Gasteiger partial charge on any atom is 0.328 e. The number of thioether (sulfide) groups is 1. The van der Waals surface area contributed by atoms with Crippen LogP contribution >= 0.6 is 11.8 Å². The Hall–Kier alpha value is -2.67. The number of carbonyl (C=O) groups excluding carboxylic acids is 1. The van der Waals surface area contributed by atoms with Crippen LogP contribution in [0.1, 0.15) is 24.2 Å². The highest BCUT2D eigenvalue weighted by atomic mass is 32.2. The van der Waals surface area contributed by atoms with E-state index in [0.29, 0.717) is 22.3 Å². The number of imidazole rings is 1. The standard InChI is InChI=1S/C20H23N3O3S/c1-12(2)27-18-11-17-16(22(3)20(25)23(17)4)10-15(18)21-19(24)13-6-8-14(26-5)9-7-13/h6-12H,1-5H3,(H,21,24). The molecule has 0 fully saturated rings. The Morgan fingerprint density at radius 1 is 1.07 bits per heavy atom. The lowest BCUT2D eigenvalue weighted by Crippen LogP contribution is -2.19. The number of nitrogens with one attached hydrogen (secondary N) is 1. The minimum atomic E-state index is -0.205. The maximum atomic E-state index is 12.7. The fraction of sp³-hybridized carbons (Fsp3) is 0.300. The van der Waals surface area contributed by atoms with Gasteiger partial charge in [-0.05, 0) is 36.4 Å². The summed E-state index contributed by atoms with van der Waals surface area (Å²) in [5, 5.41) is 3.33. The number of amides is 1. The van der Waals surface area contributed by atoms with Crippen molar-refractivity contribution >= 4 is 34.4 Å². The van der Waals surface area contributed by atoms with E-state index in [1.54, 1.807) is 66.4 Å². The van der Waals surface area contributed by atoms with E-state index in [2.05, 4.69) is 19.2 Å². The van der Waals surface area contributed by atoms with Crippen molar-refractivity contribution in [3.63, 3.8) is 0 Å². The van der Waals surface area contributed by atoms with Gasteiger partial charge in [0, 0.05) is 29.8 Å². The Morgan fingerprint density at radius 2 is 1.67 bits per heavy atom. The highest BCUT2D eigenvalue weighted by molar-refractivity contribution is 8.00. The molecule has 0 aliphatic carbocycles. The number of fused-ring (bicyclic) bond motifs is 1. The van der Waals surface area contributed by atoms with Gasteiger partial charge in [-0.1, -0.05) is 13.8 Å². The van der Waals surface area contributed by atoms with Crippen molar-refractivity contribution < 1.29 is 9.53 Å². The van der Waals surface area contributed by atoms with Gasteiger partial charge in [-0.25, -0.2) is 4.79 Å². The summed E-state index contributed by atoms with van der Waals surface area (Å²) in [5.74, 6) is 0.492. The first-order valence-electron chi connectivity index (χ1n) is 8.63. The number of benzene rings is 2. The lowest BCUT2D eigenvalue weighted by Gasteiger charge is -2.14. The van der Waals surface area contributed by atoms with E-state index >= 15 is 0 Å². The molecule has 0 unspecified atom stereocenters. The molecular formula is C20H23N3O3S. The zero-order valence-electron chi connectivity index (χ0n) is 16.1. The summed E-state index contributed by atoms with van der Waals surface area (Å²) in [5.41, 5.74) is 2.76. The smallest absolute Gasteiger partial charge is 0.328 e. The Morgan fingerprint density at radius 3 is 2.22 bits per heavy atom. The van der Waals surface area contributed by atoms with E-state index in [4.69, 9.17) is 4.74 Å². The largest absolute Gasteiger partial charge is 0.497 e. The zero-order valence-corrected chi connectivity index (χ0v) is 16.9. The Bertz CT molecular complexity index is 1050. The molecule has 0 spiro atoms. The van der Waals surface area contributed by atoms with Crippen molar-refractivity contribution in [3.8, 4) is 5.75 Å². The number of carbonyl (C=O) groups is 1. The van der Waals surface area contributed by atoms with Crippen LogP contribution in [0.25, 0.3) is 11.0 Å². The lowest BCUT2D eigenvalue weighted by atomic mass is 10.2. The van der Waals surface area contributed by atoms with Crippen molar-refractivity contribution in [1.82, 2.24) is 9.13 Å². The lowest BCUT2D eigenvalue weighted by molar-refractivity contribution is 0.102. The summed E-state index contributed by atoms with van der Waals surface area (Å²) in [7, 11) is 5.07. The van der Waals surface area contributed by atoms with Gasteiger partial charge in [0.15, 0.2) is 0 Å². The van der Waals surface area contributed by atoms with E-state index in [1.807, 2.05) is 12.1 Å². The number of hydrogen-bond donors (Lipinski definition) is 1. The van der Waals surface area contributed by atoms with Crippen molar-refractivity contribution in [2.75, 3.05) is 12.4 Å². The topological polar surface area (TPSA) is 65.3 Å². The van der Waals surface area contributed by atoms with Crippen LogP contribution in [0, 0.1) is 0 Å². The zero-order chi connectivity index (χ0) is 19.7. The molecule has 0 saturated carbocycles. The van der Waals surface area contributed by atoms with E-state index in [1.165, 1.54) is 0 Å². The number of aromatic nitrogens is 2. The van der Waals surface area contributed by atoms with Gasteiger partial charge in [-0.2, -0.15) is 0 Å². The van der Waals surface area contributed by atoms with Gasteiger partial charge >= 0.3 is 5.69 Å². The van der Waals surface area contributed by atoms with Gasteiger partial charge in [0.2, 0.25) is 0 Å². The number of anilines is 1. The molecule has 0 radical (unpaired) electrons. The summed E-state index contributed by atoms with van der Waals surface area (Å²) in [6.07, 6.45) is 0. The number of rotatable bonds is 5. The number of methoxy groups -OCH3 is 1. The van der Waals surface area contributed by atoms with Gasteiger partial charge < -0.3 is 10.1 Å². The summed E-state index contributed by atoms with van der Waals surface area (Å²) < 4.78 is 8.34. The van der Waals surface area contributed by atoms with Crippen LogP contribution in [0.4, 0.5) is 5.69 Å². The van der Waals surface area contributed by atoms with Crippen LogP contribution in [-0.4, -0.2) is 27.4 Å². The number of hydrogen-bond acceptors (Lipinski definition) is 4. The van der Waals surface area contributed by atoms with Crippen molar-refractivity contribution in [2.45, 2.75) is 24.0 Å². The van der Waals surface area contributed by atoms with Crippen LogP contribution in [0.5, 0.6) is 5.75 Å². The molecule has 3 aromatic rings. The molecule has 1 heterocycles. The summed E-state index contributed by atoms with van der Waals surface area (Å²) >= 11 is 1.65. The minimum Gasteiger partial charge on any atom is -0.497 e. The molecule has 1 N–H and O–H groups in total. The first kappa shape index (κ1) is 19.1. The summed E-state index contributed by atoms with van der Waals surface area (Å²) in [6, 6.07) is 10.8. The molecule has 7 heteroatoms. The van der Waals surface area contributed by atoms with Gasteiger partial charge in [0.1, 0.15) is 5.75 Å². The first-order chi connectivity index (χ1) is 12.8. The van der Waals surface area contributed by atoms with Crippen molar-refractivity contribution in [3.05, 3.63) is 52.4 Å². The van der Waals surface area contributed by atoms with Crippen LogP contribution in [0.15, 0.2) is 46.1 Å². The molecule has 0 bridgehead atoms. The number of nitrogens with zero attached hydrogens (tertiary/aromatic N) is 2. The fourth-order valence-electron chi connectivity index (χ4n) is 2.91. The van der Waals surface area contributed by atoms with Gasteiger partial charge in [-0.15, -0.1) is 11.8 Å². The second-order valence-corrected chi connectivity index (χ2v) is 8.21. The van der Waals surface area contributed by atoms with E-state index in [-0.39, 0.29) is 11.6 Å². The first-order valence-corrected chi connectivity index (χ1v) is 9.51. The quantitative estimate of drug-likeness (QED) is 0.681. The Kier molecular flexibility index (Phi) is 5.32. The molecule has 142 valence electrons. The highest BCUT2D eigenvalue weighted by Gasteiger charge is 2.16. The molecule has 6 nitrogen and oxygen atoms in total. The van der Waals surface area contributed by atoms with Gasteiger partial charge in [0.25, 0.3) is 5.91 Å². The van der Waals surface area contributed by atoms with Crippen molar-refractivity contribution in [2.24, 2.45) is 14.1 Å².